The van der Waals surface area contributed by atoms with Gasteiger partial charge in [0, 0.05) is 17.8 Å². The number of carboxylic acids is 1. The standard InChI is InChI=1S/C20H17F3N2O4/c21-20(22,23)10-25-17(11-5-8-15(24-9-11)29-12-6-7-12)16(19(27)28)13-3-1-2-4-14(13)18(25)26/h1-5,8-9,12,16-17H,6-7,10H2,(H,27,28)/t16-,17?/m0/s1. The van der Waals surface area contributed by atoms with Gasteiger partial charge < -0.3 is 14.7 Å². The first kappa shape index (κ1) is 19.2. The molecule has 1 amide bonds. The van der Waals surface area contributed by atoms with Crippen molar-refractivity contribution >= 4 is 11.9 Å². The number of rotatable bonds is 5. The molecule has 1 aromatic carbocycles. The van der Waals surface area contributed by atoms with E-state index in [1.807, 2.05) is 0 Å². The zero-order valence-electron chi connectivity index (χ0n) is 15.1. The van der Waals surface area contributed by atoms with E-state index in [0.29, 0.717) is 10.8 Å². The fourth-order valence-corrected chi connectivity index (χ4v) is 3.59. The molecule has 6 nitrogen and oxygen atoms in total. The molecule has 29 heavy (non-hydrogen) atoms. The normalized spacial score (nSPS) is 21.6. The van der Waals surface area contributed by atoms with E-state index in [1.165, 1.54) is 36.5 Å². The number of carbonyl (C=O) groups excluding carboxylic acids is 1. The van der Waals surface area contributed by atoms with Gasteiger partial charge in [-0.3, -0.25) is 9.59 Å². The van der Waals surface area contributed by atoms with E-state index < -0.39 is 36.6 Å². The summed E-state index contributed by atoms with van der Waals surface area (Å²) >= 11 is 0. The van der Waals surface area contributed by atoms with Crippen LogP contribution in [0.25, 0.3) is 0 Å². The minimum Gasteiger partial charge on any atom is -0.481 e. The Morgan fingerprint density at radius 2 is 1.93 bits per heavy atom. The summed E-state index contributed by atoms with van der Waals surface area (Å²) in [6, 6.07) is 7.47. The SMILES string of the molecule is O=C(O)[C@H]1c2ccccc2C(=O)N(CC(F)(F)F)C1c1ccc(OC2CC2)nc1. The molecular weight excluding hydrogens is 389 g/mol. The van der Waals surface area contributed by atoms with Crippen molar-refractivity contribution in [2.45, 2.75) is 37.1 Å². The van der Waals surface area contributed by atoms with Gasteiger partial charge >= 0.3 is 12.1 Å². The van der Waals surface area contributed by atoms with E-state index in [-0.39, 0.29) is 22.8 Å². The number of hydrogen-bond donors (Lipinski definition) is 1. The molecule has 0 spiro atoms. The summed E-state index contributed by atoms with van der Waals surface area (Å²) in [4.78, 5) is 29.6. The lowest BCUT2D eigenvalue weighted by Crippen LogP contribution is -2.48. The van der Waals surface area contributed by atoms with Crippen LogP contribution < -0.4 is 4.74 Å². The predicted octanol–water partition coefficient (Wildman–Crippen LogP) is 3.55. The first-order valence-corrected chi connectivity index (χ1v) is 9.06. The smallest absolute Gasteiger partial charge is 0.406 e. The lowest BCUT2D eigenvalue weighted by Gasteiger charge is -2.40. The van der Waals surface area contributed by atoms with Crippen molar-refractivity contribution in [3.05, 3.63) is 59.3 Å². The number of carboxylic acid groups (broad SMARTS) is 1. The van der Waals surface area contributed by atoms with Crippen molar-refractivity contribution in [3.8, 4) is 5.88 Å². The van der Waals surface area contributed by atoms with Gasteiger partial charge in [0.05, 0.1) is 6.04 Å². The molecule has 1 aromatic heterocycles. The summed E-state index contributed by atoms with van der Waals surface area (Å²) in [6.45, 7) is -1.56. The third-order valence-electron chi connectivity index (χ3n) is 4.97. The average Bonchev–Trinajstić information content (AvgIpc) is 3.47. The fraction of sp³-hybridized carbons (Fsp3) is 0.350. The number of benzene rings is 1. The number of ether oxygens (including phenoxy) is 1. The van der Waals surface area contributed by atoms with Crippen LogP contribution in [-0.2, 0) is 4.79 Å². The maximum Gasteiger partial charge on any atom is 0.406 e. The molecule has 1 aliphatic heterocycles. The average molecular weight is 406 g/mol. The maximum atomic E-state index is 13.2. The van der Waals surface area contributed by atoms with E-state index >= 15 is 0 Å². The third-order valence-corrected chi connectivity index (χ3v) is 4.97. The molecule has 9 heteroatoms. The molecule has 1 N–H and O–H groups in total. The van der Waals surface area contributed by atoms with E-state index in [1.54, 1.807) is 6.07 Å². The van der Waals surface area contributed by atoms with E-state index in [0.717, 1.165) is 12.8 Å². The number of carbonyl (C=O) groups is 2. The molecule has 152 valence electrons. The summed E-state index contributed by atoms with van der Waals surface area (Å²) in [5.74, 6) is -3.23. The molecule has 2 heterocycles. The molecule has 1 unspecified atom stereocenters. The van der Waals surface area contributed by atoms with Crippen LogP contribution in [0, 0.1) is 0 Å². The fourth-order valence-electron chi connectivity index (χ4n) is 3.59. The predicted molar refractivity (Wildman–Crippen MR) is 94.5 cm³/mol. The van der Waals surface area contributed by atoms with Gasteiger partial charge in [0.2, 0.25) is 5.88 Å². The Bertz CT molecular complexity index is 941. The summed E-state index contributed by atoms with van der Waals surface area (Å²) in [5, 5.41) is 9.84. The minimum absolute atomic E-state index is 0.0398. The Kier molecular flexibility index (Phi) is 4.68. The molecule has 2 aromatic rings. The number of hydrogen-bond acceptors (Lipinski definition) is 4. The highest BCUT2D eigenvalue weighted by Crippen LogP contribution is 2.44. The van der Waals surface area contributed by atoms with Gasteiger partial charge in [-0.15, -0.1) is 0 Å². The second kappa shape index (κ2) is 7.06. The highest BCUT2D eigenvalue weighted by molar-refractivity contribution is 6.00. The van der Waals surface area contributed by atoms with Gasteiger partial charge in [-0.25, -0.2) is 4.98 Å². The van der Waals surface area contributed by atoms with Crippen LogP contribution in [0.1, 0.15) is 46.3 Å². The van der Waals surface area contributed by atoms with Gasteiger partial charge in [0.1, 0.15) is 18.6 Å². The highest BCUT2D eigenvalue weighted by Gasteiger charge is 2.48. The molecule has 1 aliphatic carbocycles. The molecule has 0 bridgehead atoms. The lowest BCUT2D eigenvalue weighted by molar-refractivity contribution is -0.153. The minimum atomic E-state index is -4.69. The van der Waals surface area contributed by atoms with Crippen molar-refractivity contribution in [2.75, 3.05) is 6.54 Å². The Morgan fingerprint density at radius 3 is 2.52 bits per heavy atom. The van der Waals surface area contributed by atoms with Crippen molar-refractivity contribution in [2.24, 2.45) is 0 Å². The monoisotopic (exact) mass is 406 g/mol. The zero-order valence-corrected chi connectivity index (χ0v) is 15.1. The Labute approximate surface area is 163 Å². The number of fused-ring (bicyclic) bond motifs is 1. The number of aliphatic carboxylic acids is 1. The molecule has 2 aliphatic rings. The maximum absolute atomic E-state index is 13.2. The first-order valence-electron chi connectivity index (χ1n) is 9.06. The molecule has 2 atom stereocenters. The van der Waals surface area contributed by atoms with Gasteiger partial charge in [0.15, 0.2) is 0 Å². The first-order chi connectivity index (χ1) is 13.7. The quantitative estimate of drug-likeness (QED) is 0.822. The second-order valence-corrected chi connectivity index (χ2v) is 7.14. The Hall–Kier alpha value is -3.10. The zero-order chi connectivity index (χ0) is 20.8. The van der Waals surface area contributed by atoms with Crippen LogP contribution in [0.15, 0.2) is 42.6 Å². The topological polar surface area (TPSA) is 79.7 Å². The van der Waals surface area contributed by atoms with Crippen LogP contribution in [0.5, 0.6) is 5.88 Å². The third kappa shape index (κ3) is 3.90. The van der Waals surface area contributed by atoms with Crippen molar-refractivity contribution in [3.63, 3.8) is 0 Å². The van der Waals surface area contributed by atoms with Crippen LogP contribution in [-0.4, -0.2) is 45.7 Å². The van der Waals surface area contributed by atoms with Crippen LogP contribution >= 0.6 is 0 Å². The van der Waals surface area contributed by atoms with Gasteiger partial charge in [-0.2, -0.15) is 13.2 Å². The molecule has 1 fully saturated rings. The summed E-state index contributed by atoms with van der Waals surface area (Å²) in [5.41, 5.74) is 0.349. The number of aromatic nitrogens is 1. The van der Waals surface area contributed by atoms with E-state index in [9.17, 15) is 27.9 Å². The molecule has 1 saturated carbocycles. The van der Waals surface area contributed by atoms with Crippen molar-refractivity contribution in [1.29, 1.82) is 0 Å². The summed E-state index contributed by atoms with van der Waals surface area (Å²) < 4.78 is 45.3. The van der Waals surface area contributed by atoms with Crippen LogP contribution in [0.4, 0.5) is 13.2 Å². The number of amides is 1. The Balaban J connectivity index is 1.79. The second-order valence-electron chi connectivity index (χ2n) is 7.14. The number of nitrogens with zero attached hydrogens (tertiary/aromatic N) is 2. The van der Waals surface area contributed by atoms with Crippen molar-refractivity contribution < 1.29 is 32.6 Å². The number of alkyl halides is 3. The Morgan fingerprint density at radius 1 is 1.21 bits per heavy atom. The van der Waals surface area contributed by atoms with E-state index in [4.69, 9.17) is 4.74 Å². The molecular formula is C20H17F3N2O4. The molecule has 0 saturated heterocycles. The highest BCUT2D eigenvalue weighted by atomic mass is 19.4. The van der Waals surface area contributed by atoms with E-state index in [2.05, 4.69) is 4.98 Å². The van der Waals surface area contributed by atoms with Gasteiger partial charge in [0.25, 0.3) is 5.91 Å². The molecule has 0 radical (unpaired) electrons. The van der Waals surface area contributed by atoms with Crippen molar-refractivity contribution in [1.82, 2.24) is 9.88 Å². The number of pyridine rings is 1. The molecule has 4 rings (SSSR count). The van der Waals surface area contributed by atoms with Gasteiger partial charge in [-0.1, -0.05) is 24.3 Å². The lowest BCUT2D eigenvalue weighted by atomic mass is 9.80. The summed E-state index contributed by atoms with van der Waals surface area (Å²) in [7, 11) is 0. The number of halogens is 3. The largest absolute Gasteiger partial charge is 0.481 e. The van der Waals surface area contributed by atoms with Gasteiger partial charge in [-0.05, 0) is 30.0 Å². The van der Waals surface area contributed by atoms with Crippen LogP contribution in [0.2, 0.25) is 0 Å². The van der Waals surface area contributed by atoms with Crippen LogP contribution in [0.3, 0.4) is 0 Å². The summed E-state index contributed by atoms with van der Waals surface area (Å²) in [6.07, 6.45) is -1.49.